The number of nitrogens with zero attached hydrogens (tertiary/aromatic N) is 1. The largest absolute Gasteiger partial charge is 0.416 e. The molecule has 1 fully saturated rings. The third-order valence-corrected chi connectivity index (χ3v) is 3.66. The maximum absolute atomic E-state index is 13.0. The van der Waals surface area contributed by atoms with E-state index in [-0.39, 0.29) is 24.8 Å². The van der Waals surface area contributed by atoms with Crippen molar-refractivity contribution in [2.24, 2.45) is 0 Å². The van der Waals surface area contributed by atoms with E-state index >= 15 is 0 Å². The molecule has 1 aromatic rings. The summed E-state index contributed by atoms with van der Waals surface area (Å²) in [5, 5.41) is 11.5. The van der Waals surface area contributed by atoms with Gasteiger partial charge < -0.3 is 15.3 Å². The van der Waals surface area contributed by atoms with E-state index in [1.165, 1.54) is 4.90 Å². The lowest BCUT2D eigenvalue weighted by atomic mass is 10.1. The number of aliphatic hydroxyl groups excluding tert-OH is 1. The molecule has 0 aliphatic carbocycles. The SMILES string of the molecule is O=C(NCc1ccc(F)cc1C(F)(F)F)N1CCCC1CO. The van der Waals surface area contributed by atoms with Crippen LogP contribution in [0.25, 0.3) is 0 Å². The van der Waals surface area contributed by atoms with E-state index in [1.54, 1.807) is 0 Å². The highest BCUT2D eigenvalue weighted by atomic mass is 19.4. The summed E-state index contributed by atoms with van der Waals surface area (Å²) in [6, 6.07) is 1.49. The minimum absolute atomic E-state index is 0.183. The van der Waals surface area contributed by atoms with Crippen molar-refractivity contribution in [1.82, 2.24) is 10.2 Å². The van der Waals surface area contributed by atoms with Crippen LogP contribution < -0.4 is 5.32 Å². The van der Waals surface area contributed by atoms with E-state index in [1.807, 2.05) is 0 Å². The summed E-state index contributed by atoms with van der Waals surface area (Å²) in [5.74, 6) is -0.984. The maximum Gasteiger partial charge on any atom is 0.416 e. The van der Waals surface area contributed by atoms with Crippen LogP contribution in [0.15, 0.2) is 18.2 Å². The summed E-state index contributed by atoms with van der Waals surface area (Å²) in [7, 11) is 0. The molecule has 122 valence electrons. The van der Waals surface area contributed by atoms with Gasteiger partial charge in [0.05, 0.1) is 18.2 Å². The Labute approximate surface area is 124 Å². The molecule has 1 unspecified atom stereocenters. The normalized spacial score (nSPS) is 18.6. The van der Waals surface area contributed by atoms with Crippen LogP contribution in [0.3, 0.4) is 0 Å². The topological polar surface area (TPSA) is 52.6 Å². The van der Waals surface area contributed by atoms with Gasteiger partial charge in [-0.25, -0.2) is 9.18 Å². The smallest absolute Gasteiger partial charge is 0.394 e. The molecule has 0 aromatic heterocycles. The van der Waals surface area contributed by atoms with Gasteiger partial charge in [0.15, 0.2) is 0 Å². The van der Waals surface area contributed by atoms with Crippen molar-refractivity contribution in [3.63, 3.8) is 0 Å². The molecule has 1 aliphatic heterocycles. The number of likely N-dealkylation sites (tertiary alicyclic amines) is 1. The fourth-order valence-electron chi connectivity index (χ4n) is 2.53. The van der Waals surface area contributed by atoms with E-state index in [4.69, 9.17) is 5.11 Å². The molecule has 4 nitrogen and oxygen atoms in total. The minimum Gasteiger partial charge on any atom is -0.394 e. The number of urea groups is 1. The summed E-state index contributed by atoms with van der Waals surface area (Å²) in [5.41, 5.74) is -1.31. The Morgan fingerprint density at radius 1 is 1.41 bits per heavy atom. The average Bonchev–Trinajstić information content (AvgIpc) is 2.93. The van der Waals surface area contributed by atoms with Crippen molar-refractivity contribution >= 4 is 6.03 Å². The van der Waals surface area contributed by atoms with Crippen molar-refractivity contribution in [2.75, 3.05) is 13.2 Å². The van der Waals surface area contributed by atoms with Gasteiger partial charge >= 0.3 is 12.2 Å². The Kier molecular flexibility index (Phi) is 4.90. The molecule has 0 spiro atoms. The number of amides is 2. The summed E-state index contributed by atoms with van der Waals surface area (Å²) in [6.07, 6.45) is -3.29. The first-order valence-electron chi connectivity index (χ1n) is 6.84. The molecule has 1 heterocycles. The number of aliphatic hydroxyl groups is 1. The van der Waals surface area contributed by atoms with Gasteiger partial charge in [0.25, 0.3) is 0 Å². The number of alkyl halides is 3. The lowest BCUT2D eigenvalue weighted by molar-refractivity contribution is -0.138. The lowest BCUT2D eigenvalue weighted by Crippen LogP contribution is -2.44. The van der Waals surface area contributed by atoms with Crippen LogP contribution >= 0.6 is 0 Å². The van der Waals surface area contributed by atoms with Crippen molar-refractivity contribution in [3.8, 4) is 0 Å². The second kappa shape index (κ2) is 6.51. The van der Waals surface area contributed by atoms with Crippen molar-refractivity contribution in [2.45, 2.75) is 31.6 Å². The van der Waals surface area contributed by atoms with Crippen LogP contribution in [0.5, 0.6) is 0 Å². The Balaban J connectivity index is 2.07. The first-order chi connectivity index (χ1) is 10.3. The lowest BCUT2D eigenvalue weighted by Gasteiger charge is -2.23. The average molecular weight is 320 g/mol. The Hall–Kier alpha value is -1.83. The van der Waals surface area contributed by atoms with Crippen LogP contribution in [0, 0.1) is 5.82 Å². The van der Waals surface area contributed by atoms with Gasteiger partial charge in [-0.3, -0.25) is 0 Å². The predicted octanol–water partition coefficient (Wildman–Crippen LogP) is 2.51. The zero-order valence-corrected chi connectivity index (χ0v) is 11.7. The molecule has 1 aromatic carbocycles. The van der Waals surface area contributed by atoms with Crippen LogP contribution in [0.4, 0.5) is 22.4 Å². The molecule has 0 saturated carbocycles. The number of hydrogen-bond acceptors (Lipinski definition) is 2. The van der Waals surface area contributed by atoms with Gasteiger partial charge in [-0.1, -0.05) is 6.07 Å². The highest BCUT2D eigenvalue weighted by Crippen LogP contribution is 2.32. The number of carbonyl (C=O) groups is 1. The Morgan fingerprint density at radius 3 is 2.77 bits per heavy atom. The third kappa shape index (κ3) is 3.68. The monoisotopic (exact) mass is 320 g/mol. The van der Waals surface area contributed by atoms with E-state index in [0.29, 0.717) is 19.0 Å². The van der Waals surface area contributed by atoms with Crippen molar-refractivity contribution in [1.29, 1.82) is 0 Å². The number of halogens is 4. The molecular weight excluding hydrogens is 304 g/mol. The van der Waals surface area contributed by atoms with Gasteiger partial charge in [-0.15, -0.1) is 0 Å². The van der Waals surface area contributed by atoms with Gasteiger partial charge in [-0.05, 0) is 30.5 Å². The van der Waals surface area contributed by atoms with Gasteiger partial charge in [-0.2, -0.15) is 13.2 Å². The Morgan fingerprint density at radius 2 is 2.14 bits per heavy atom. The number of carbonyl (C=O) groups excluding carboxylic acids is 1. The molecular formula is C14H16F4N2O2. The van der Waals surface area contributed by atoms with E-state index < -0.39 is 23.6 Å². The Bertz CT molecular complexity index is 548. The van der Waals surface area contributed by atoms with Crippen LogP contribution in [-0.2, 0) is 12.7 Å². The molecule has 0 radical (unpaired) electrons. The second-order valence-corrected chi connectivity index (χ2v) is 5.13. The summed E-state index contributed by atoms with van der Waals surface area (Å²) >= 11 is 0. The zero-order chi connectivity index (χ0) is 16.3. The second-order valence-electron chi connectivity index (χ2n) is 5.13. The molecule has 22 heavy (non-hydrogen) atoms. The maximum atomic E-state index is 13.0. The first kappa shape index (κ1) is 16.5. The quantitative estimate of drug-likeness (QED) is 0.841. The molecule has 0 bridgehead atoms. The fraction of sp³-hybridized carbons (Fsp3) is 0.500. The molecule has 1 atom stereocenters. The van der Waals surface area contributed by atoms with E-state index in [0.717, 1.165) is 18.6 Å². The van der Waals surface area contributed by atoms with Crippen LogP contribution in [0.2, 0.25) is 0 Å². The molecule has 8 heteroatoms. The van der Waals surface area contributed by atoms with Gasteiger partial charge in [0.1, 0.15) is 5.82 Å². The highest BCUT2D eigenvalue weighted by molar-refractivity contribution is 5.74. The first-order valence-corrected chi connectivity index (χ1v) is 6.84. The van der Waals surface area contributed by atoms with Gasteiger partial charge in [0.2, 0.25) is 0 Å². The van der Waals surface area contributed by atoms with Crippen LogP contribution in [0.1, 0.15) is 24.0 Å². The molecule has 1 saturated heterocycles. The highest BCUT2D eigenvalue weighted by Gasteiger charge is 2.34. The van der Waals surface area contributed by atoms with Gasteiger partial charge in [0, 0.05) is 13.1 Å². The van der Waals surface area contributed by atoms with Crippen molar-refractivity contribution in [3.05, 3.63) is 35.1 Å². The van der Waals surface area contributed by atoms with Crippen LogP contribution in [-0.4, -0.2) is 35.2 Å². The van der Waals surface area contributed by atoms with Crippen molar-refractivity contribution < 1.29 is 27.5 Å². The summed E-state index contributed by atoms with van der Waals surface area (Å²) in [4.78, 5) is 13.4. The van der Waals surface area contributed by atoms with E-state index in [9.17, 15) is 22.4 Å². The summed E-state index contributed by atoms with van der Waals surface area (Å²) < 4.78 is 51.5. The molecule has 1 aliphatic rings. The minimum atomic E-state index is -4.69. The summed E-state index contributed by atoms with van der Waals surface area (Å²) in [6.45, 7) is -0.0903. The molecule has 2 N–H and O–H groups in total. The molecule has 2 rings (SSSR count). The third-order valence-electron chi connectivity index (χ3n) is 3.66. The molecule has 2 amide bonds. The standard InChI is InChI=1S/C14H16F4N2O2/c15-10-4-3-9(12(6-10)14(16,17)18)7-19-13(22)20-5-1-2-11(20)8-21/h3-4,6,11,21H,1-2,5,7-8H2,(H,19,22). The predicted molar refractivity (Wildman–Crippen MR) is 70.5 cm³/mol. The fourth-order valence-corrected chi connectivity index (χ4v) is 2.53. The zero-order valence-electron chi connectivity index (χ0n) is 11.7. The van der Waals surface area contributed by atoms with E-state index in [2.05, 4.69) is 5.32 Å². The number of nitrogens with one attached hydrogen (secondary N) is 1. The number of benzene rings is 1. The number of hydrogen-bond donors (Lipinski definition) is 2. The number of rotatable bonds is 3.